The van der Waals surface area contributed by atoms with Crippen molar-refractivity contribution in [2.75, 3.05) is 0 Å². The molecule has 3 atom stereocenters. The monoisotopic (exact) mass is 333 g/mol. The van der Waals surface area contributed by atoms with Gasteiger partial charge < -0.3 is 0 Å². The maximum atomic E-state index is 11.7. The van der Waals surface area contributed by atoms with Gasteiger partial charge in [-0.3, -0.25) is 4.55 Å². The van der Waals surface area contributed by atoms with Crippen molar-refractivity contribution in [1.82, 2.24) is 4.31 Å². The second-order valence-corrected chi connectivity index (χ2v) is 7.58. The normalized spacial score (nSPS) is 15.9. The fourth-order valence-corrected chi connectivity index (χ4v) is 3.91. The van der Waals surface area contributed by atoms with Crippen LogP contribution in [0.15, 0.2) is 0 Å². The quantitative estimate of drug-likeness (QED) is 0.298. The van der Waals surface area contributed by atoms with Crippen LogP contribution >= 0.6 is 0 Å². The van der Waals surface area contributed by atoms with E-state index in [0.717, 1.165) is 25.7 Å². The molecule has 0 amide bonds. The van der Waals surface area contributed by atoms with Gasteiger partial charge in [-0.25, -0.2) is 4.21 Å². The largest absolute Gasteiger partial charge is 0.294 e. The summed E-state index contributed by atoms with van der Waals surface area (Å²) in [6, 6.07) is 0.385. The molecule has 4 heteroatoms. The van der Waals surface area contributed by atoms with Crippen LogP contribution in [-0.4, -0.2) is 25.2 Å². The number of nitrogens with zero attached hydrogens (tertiary/aromatic N) is 1. The Morgan fingerprint density at radius 3 is 1.45 bits per heavy atom. The van der Waals surface area contributed by atoms with Gasteiger partial charge in [-0.1, -0.05) is 78.1 Å². The van der Waals surface area contributed by atoms with E-state index >= 15 is 0 Å². The van der Waals surface area contributed by atoms with Crippen molar-refractivity contribution in [1.29, 1.82) is 0 Å². The van der Waals surface area contributed by atoms with Crippen molar-refractivity contribution in [3.63, 3.8) is 0 Å². The molecular formula is C18H39NO2S. The van der Waals surface area contributed by atoms with Crippen LogP contribution in [0.3, 0.4) is 0 Å². The van der Waals surface area contributed by atoms with E-state index in [-0.39, 0.29) is 12.1 Å². The lowest BCUT2D eigenvalue weighted by atomic mass is 10.0. The minimum atomic E-state index is -1.85. The van der Waals surface area contributed by atoms with Crippen molar-refractivity contribution < 1.29 is 8.76 Å². The molecule has 0 saturated carbocycles. The Hall–Kier alpha value is 0.0700. The van der Waals surface area contributed by atoms with Gasteiger partial charge in [0.15, 0.2) is 0 Å². The second-order valence-electron chi connectivity index (χ2n) is 6.69. The molecule has 0 bridgehead atoms. The van der Waals surface area contributed by atoms with Gasteiger partial charge in [0.25, 0.3) is 0 Å². The summed E-state index contributed by atoms with van der Waals surface area (Å²) >= 11 is -1.85. The second kappa shape index (κ2) is 14.6. The number of hydrogen-bond donors (Lipinski definition) is 1. The lowest BCUT2D eigenvalue weighted by Gasteiger charge is -2.31. The molecule has 3 nitrogen and oxygen atoms in total. The fraction of sp³-hybridized carbons (Fsp3) is 1.00. The summed E-state index contributed by atoms with van der Waals surface area (Å²) in [5.41, 5.74) is 0. The average Bonchev–Trinajstić information content (AvgIpc) is 2.46. The van der Waals surface area contributed by atoms with Crippen LogP contribution in [0.5, 0.6) is 0 Å². The summed E-state index contributed by atoms with van der Waals surface area (Å²) in [6.07, 6.45) is 14.6. The molecule has 134 valence electrons. The van der Waals surface area contributed by atoms with E-state index in [0.29, 0.717) is 0 Å². The zero-order valence-electron chi connectivity index (χ0n) is 15.4. The van der Waals surface area contributed by atoms with Crippen LogP contribution in [0, 0.1) is 0 Å². The lowest BCUT2D eigenvalue weighted by Crippen LogP contribution is -2.41. The summed E-state index contributed by atoms with van der Waals surface area (Å²) in [5, 5.41) is 0. The van der Waals surface area contributed by atoms with Crippen LogP contribution in [0.2, 0.25) is 0 Å². The van der Waals surface area contributed by atoms with Crippen LogP contribution in [-0.2, 0) is 11.3 Å². The van der Waals surface area contributed by atoms with E-state index in [1.165, 1.54) is 51.4 Å². The first-order valence-corrected chi connectivity index (χ1v) is 10.5. The van der Waals surface area contributed by atoms with Crippen molar-refractivity contribution >= 4 is 11.3 Å². The third-order valence-corrected chi connectivity index (χ3v) is 5.58. The Morgan fingerprint density at radius 1 is 0.773 bits per heavy atom. The first kappa shape index (κ1) is 22.1. The first-order chi connectivity index (χ1) is 10.5. The van der Waals surface area contributed by atoms with Gasteiger partial charge in [0.1, 0.15) is 0 Å². The smallest absolute Gasteiger partial charge is 0.235 e. The Morgan fingerprint density at radius 2 is 1.14 bits per heavy atom. The highest BCUT2D eigenvalue weighted by atomic mass is 32.2. The van der Waals surface area contributed by atoms with Gasteiger partial charge in [-0.05, 0) is 26.7 Å². The number of unbranched alkanes of at least 4 members (excludes halogenated alkanes) is 8. The van der Waals surface area contributed by atoms with Crippen molar-refractivity contribution in [2.45, 2.75) is 117 Å². The average molecular weight is 334 g/mol. The Labute approximate surface area is 141 Å². The molecule has 1 N–H and O–H groups in total. The molecule has 22 heavy (non-hydrogen) atoms. The SMILES string of the molecule is CCCCCCCC(C)N(C(C)CCCCCCC)S(=O)O. The van der Waals surface area contributed by atoms with Crippen LogP contribution < -0.4 is 0 Å². The maximum absolute atomic E-state index is 11.7. The molecule has 0 saturated heterocycles. The Bertz CT molecular complexity index is 254. The lowest BCUT2D eigenvalue weighted by molar-refractivity contribution is 0.240. The summed E-state index contributed by atoms with van der Waals surface area (Å²) in [5.74, 6) is 0. The minimum absolute atomic E-state index is 0.193. The number of rotatable bonds is 15. The molecule has 0 radical (unpaired) electrons. The summed E-state index contributed by atoms with van der Waals surface area (Å²) in [4.78, 5) is 0. The molecule has 3 unspecified atom stereocenters. The highest BCUT2D eigenvalue weighted by Crippen LogP contribution is 2.19. The Kier molecular flexibility index (Phi) is 14.7. The molecule has 0 heterocycles. The van der Waals surface area contributed by atoms with Gasteiger partial charge >= 0.3 is 0 Å². The van der Waals surface area contributed by atoms with Crippen molar-refractivity contribution in [3.05, 3.63) is 0 Å². The first-order valence-electron chi connectivity index (χ1n) is 9.43. The third-order valence-electron chi connectivity index (χ3n) is 4.50. The predicted octanol–water partition coefficient (Wildman–Crippen LogP) is 5.92. The van der Waals surface area contributed by atoms with Crippen molar-refractivity contribution in [3.8, 4) is 0 Å². The highest BCUT2D eigenvalue weighted by Gasteiger charge is 2.24. The maximum Gasteiger partial charge on any atom is 0.235 e. The van der Waals surface area contributed by atoms with Gasteiger partial charge in [-0.2, -0.15) is 4.31 Å². The van der Waals surface area contributed by atoms with Crippen molar-refractivity contribution in [2.24, 2.45) is 0 Å². The molecule has 0 fully saturated rings. The van der Waals surface area contributed by atoms with Crippen LogP contribution in [0.4, 0.5) is 0 Å². The van der Waals surface area contributed by atoms with E-state index in [9.17, 15) is 8.76 Å². The fourth-order valence-electron chi connectivity index (χ4n) is 3.08. The topological polar surface area (TPSA) is 40.5 Å². The molecule has 0 aromatic carbocycles. The van der Waals surface area contributed by atoms with E-state index < -0.39 is 11.3 Å². The van der Waals surface area contributed by atoms with Gasteiger partial charge in [0.05, 0.1) is 0 Å². The highest BCUT2D eigenvalue weighted by molar-refractivity contribution is 7.76. The summed E-state index contributed by atoms with van der Waals surface area (Å²) < 4.78 is 23.1. The predicted molar refractivity (Wildman–Crippen MR) is 98.3 cm³/mol. The van der Waals surface area contributed by atoms with Gasteiger partial charge in [-0.15, -0.1) is 0 Å². The third kappa shape index (κ3) is 10.7. The zero-order chi connectivity index (χ0) is 16.8. The summed E-state index contributed by atoms with van der Waals surface area (Å²) in [6.45, 7) is 8.64. The summed E-state index contributed by atoms with van der Waals surface area (Å²) in [7, 11) is 0. The minimum Gasteiger partial charge on any atom is -0.294 e. The van der Waals surface area contributed by atoms with Crippen LogP contribution in [0.25, 0.3) is 0 Å². The molecular weight excluding hydrogens is 294 g/mol. The van der Waals surface area contributed by atoms with E-state index in [1.807, 2.05) is 0 Å². The van der Waals surface area contributed by atoms with Crippen LogP contribution in [0.1, 0.15) is 105 Å². The molecule has 0 spiro atoms. The van der Waals surface area contributed by atoms with E-state index in [4.69, 9.17) is 0 Å². The molecule has 0 aliphatic carbocycles. The van der Waals surface area contributed by atoms with Gasteiger partial charge in [0, 0.05) is 12.1 Å². The zero-order valence-corrected chi connectivity index (χ0v) is 16.2. The van der Waals surface area contributed by atoms with E-state index in [2.05, 4.69) is 27.7 Å². The Balaban J connectivity index is 4.07. The molecule has 0 aliphatic heterocycles. The van der Waals surface area contributed by atoms with E-state index in [1.54, 1.807) is 4.31 Å². The number of hydrogen-bond acceptors (Lipinski definition) is 1. The molecule has 0 aliphatic rings. The molecule has 0 aromatic rings. The standard InChI is InChI=1S/C18H39NO2S/c1-5-7-9-11-13-15-17(3)19(22(20)21)18(4)16-14-12-10-8-6-2/h17-18H,5-16H2,1-4H3,(H,20,21). The molecule has 0 rings (SSSR count). The molecule has 0 aromatic heterocycles. The van der Waals surface area contributed by atoms with Gasteiger partial charge in [0.2, 0.25) is 11.3 Å².